The molecule has 0 spiro atoms. The van der Waals surface area contributed by atoms with E-state index in [0.29, 0.717) is 28.4 Å². The number of allylic oxidation sites excluding steroid dienone is 1. The molecule has 0 atom stereocenters. The van der Waals surface area contributed by atoms with Gasteiger partial charge in [-0.05, 0) is 61.1 Å². The molecule has 0 unspecified atom stereocenters. The van der Waals surface area contributed by atoms with Gasteiger partial charge in [0.25, 0.3) is 5.91 Å². The van der Waals surface area contributed by atoms with Gasteiger partial charge in [0.1, 0.15) is 5.75 Å². The van der Waals surface area contributed by atoms with Crippen LogP contribution in [-0.4, -0.2) is 13.0 Å². The molecule has 156 valence electrons. The fourth-order valence-electron chi connectivity index (χ4n) is 3.08. The summed E-state index contributed by atoms with van der Waals surface area (Å²) in [6, 6.07) is 9.43. The van der Waals surface area contributed by atoms with E-state index in [4.69, 9.17) is 16.3 Å². The van der Waals surface area contributed by atoms with Crippen molar-refractivity contribution >= 4 is 17.3 Å². The van der Waals surface area contributed by atoms with Crippen molar-refractivity contribution < 1.29 is 9.53 Å². The van der Waals surface area contributed by atoms with Gasteiger partial charge in [0, 0.05) is 17.5 Å². The van der Waals surface area contributed by atoms with Crippen molar-refractivity contribution in [2.45, 2.75) is 47.0 Å². The van der Waals surface area contributed by atoms with Crippen molar-refractivity contribution in [1.29, 1.82) is 0 Å². The van der Waals surface area contributed by atoms with Crippen LogP contribution in [0.3, 0.4) is 0 Å². The minimum Gasteiger partial charge on any atom is -0.494 e. The highest BCUT2D eigenvalue weighted by molar-refractivity contribution is 6.06. The number of carbonyl (C=O) groups excluding carboxylic acids is 1. The molecule has 2 rings (SSSR count). The summed E-state index contributed by atoms with van der Waals surface area (Å²) in [5.41, 5.74) is 11.1. The summed E-state index contributed by atoms with van der Waals surface area (Å²) >= 11 is 0. The van der Waals surface area contributed by atoms with E-state index in [0.717, 1.165) is 16.7 Å². The molecule has 29 heavy (non-hydrogen) atoms. The number of hydrogen-bond donors (Lipinski definition) is 3. The average Bonchev–Trinajstić information content (AvgIpc) is 2.60. The van der Waals surface area contributed by atoms with Crippen LogP contribution >= 0.6 is 0 Å². The average molecular weight is 397 g/mol. The van der Waals surface area contributed by atoms with E-state index in [1.165, 1.54) is 5.01 Å². The van der Waals surface area contributed by atoms with Crippen molar-refractivity contribution in [3.05, 3.63) is 64.5 Å². The lowest BCUT2D eigenvalue weighted by atomic mass is 9.85. The Morgan fingerprint density at radius 1 is 1.14 bits per heavy atom. The number of rotatable bonds is 5. The van der Waals surface area contributed by atoms with Gasteiger partial charge in [0.2, 0.25) is 0 Å². The fraction of sp³-hybridized carbons (Fsp3) is 0.348. The molecule has 0 bridgehead atoms. The maximum absolute atomic E-state index is 13.0. The molecule has 0 heterocycles. The number of nitrogens with two attached hydrogens (primary N) is 2. The Morgan fingerprint density at radius 2 is 1.79 bits per heavy atom. The zero-order valence-electron chi connectivity index (χ0n) is 18.4. The lowest BCUT2D eigenvalue weighted by Gasteiger charge is -2.23. The van der Waals surface area contributed by atoms with E-state index in [1.54, 1.807) is 32.4 Å². The third kappa shape index (κ3) is 5.29. The van der Waals surface area contributed by atoms with Gasteiger partial charge >= 0.3 is 0 Å². The van der Waals surface area contributed by atoms with Crippen molar-refractivity contribution in [2.24, 2.45) is 11.6 Å². The molecule has 0 aromatic heterocycles. The number of anilines is 2. The topological polar surface area (TPSA) is 93.6 Å². The Hall–Kier alpha value is -2.99. The second-order valence-corrected chi connectivity index (χ2v) is 8.36. The van der Waals surface area contributed by atoms with E-state index in [9.17, 15) is 4.79 Å². The molecule has 6 nitrogen and oxygen atoms in total. The maximum atomic E-state index is 13.0. The van der Waals surface area contributed by atoms with Crippen LogP contribution in [0.15, 0.2) is 42.2 Å². The molecular weight excluding hydrogens is 364 g/mol. The standard InChI is InChI=1S/C23H32N4O2/c1-14-8-9-17(11-20(14)27(25)13-16(3)24)22(28)26-19-12-18(23(4,5)6)10-15(2)21(19)29-7/h8-13H,24-25H2,1-7H3,(H,26,28)/b16-13-. The van der Waals surface area contributed by atoms with Crippen LogP contribution in [0.5, 0.6) is 5.75 Å². The van der Waals surface area contributed by atoms with Crippen molar-refractivity contribution in [1.82, 2.24) is 0 Å². The molecule has 0 saturated carbocycles. The Balaban J connectivity index is 2.43. The quantitative estimate of drug-likeness (QED) is 0.516. The van der Waals surface area contributed by atoms with E-state index in [1.807, 2.05) is 26.0 Å². The second-order valence-electron chi connectivity index (χ2n) is 8.36. The zero-order chi connectivity index (χ0) is 21.9. The Kier molecular flexibility index (Phi) is 6.59. The molecule has 2 aromatic rings. The lowest BCUT2D eigenvalue weighted by Crippen LogP contribution is -2.27. The number of ether oxygens (including phenoxy) is 1. The summed E-state index contributed by atoms with van der Waals surface area (Å²) in [4.78, 5) is 13.0. The monoisotopic (exact) mass is 396 g/mol. The molecular formula is C23H32N4O2. The summed E-state index contributed by atoms with van der Waals surface area (Å²) in [5.74, 6) is 6.49. The Bertz CT molecular complexity index is 939. The number of nitrogens with zero attached hydrogens (tertiary/aromatic N) is 1. The van der Waals surface area contributed by atoms with E-state index < -0.39 is 0 Å². The number of hydrazine groups is 1. The first-order valence-electron chi connectivity index (χ1n) is 9.53. The number of methoxy groups -OCH3 is 1. The lowest BCUT2D eigenvalue weighted by molar-refractivity contribution is 0.102. The molecule has 6 heteroatoms. The van der Waals surface area contributed by atoms with Crippen LogP contribution in [0.1, 0.15) is 54.7 Å². The minimum absolute atomic E-state index is 0.0555. The van der Waals surface area contributed by atoms with E-state index in [-0.39, 0.29) is 11.3 Å². The smallest absolute Gasteiger partial charge is 0.255 e. The highest BCUT2D eigenvalue weighted by atomic mass is 16.5. The third-order valence-electron chi connectivity index (χ3n) is 4.69. The molecule has 2 aromatic carbocycles. The van der Waals surface area contributed by atoms with Crippen LogP contribution in [0.2, 0.25) is 0 Å². The van der Waals surface area contributed by atoms with E-state index >= 15 is 0 Å². The number of carbonyl (C=O) groups is 1. The van der Waals surface area contributed by atoms with Crippen LogP contribution in [0, 0.1) is 13.8 Å². The summed E-state index contributed by atoms with van der Waals surface area (Å²) < 4.78 is 5.54. The largest absolute Gasteiger partial charge is 0.494 e. The van der Waals surface area contributed by atoms with Gasteiger partial charge in [-0.15, -0.1) is 0 Å². The van der Waals surface area contributed by atoms with Crippen LogP contribution < -0.4 is 26.6 Å². The number of aryl methyl sites for hydroxylation is 2. The van der Waals surface area contributed by atoms with Crippen LogP contribution in [0.4, 0.5) is 11.4 Å². The molecule has 5 N–H and O–H groups in total. The van der Waals surface area contributed by atoms with Crippen molar-refractivity contribution in [3.63, 3.8) is 0 Å². The Labute approximate surface area is 173 Å². The van der Waals surface area contributed by atoms with Crippen molar-refractivity contribution in [3.8, 4) is 5.75 Å². The van der Waals surface area contributed by atoms with Gasteiger partial charge in [0.05, 0.1) is 18.5 Å². The highest BCUT2D eigenvalue weighted by Gasteiger charge is 2.20. The van der Waals surface area contributed by atoms with Gasteiger partial charge in [-0.3, -0.25) is 9.80 Å². The summed E-state index contributed by atoms with van der Waals surface area (Å²) in [6.45, 7) is 12.1. The molecule has 0 radical (unpaired) electrons. The molecule has 0 aliphatic rings. The SMILES string of the molecule is COc1c(C)cc(C(C)(C)C)cc1NC(=O)c1ccc(C)c(N(N)/C=C(/C)N)c1. The summed E-state index contributed by atoms with van der Waals surface area (Å²) in [6.07, 6.45) is 1.61. The van der Waals surface area contributed by atoms with Gasteiger partial charge in [0.15, 0.2) is 0 Å². The minimum atomic E-state index is -0.239. The first-order valence-corrected chi connectivity index (χ1v) is 9.53. The van der Waals surface area contributed by atoms with Crippen LogP contribution in [0.25, 0.3) is 0 Å². The normalized spacial score (nSPS) is 11.9. The Morgan fingerprint density at radius 3 is 2.34 bits per heavy atom. The first-order chi connectivity index (χ1) is 13.4. The molecule has 0 aliphatic carbocycles. The first kappa shape index (κ1) is 22.3. The van der Waals surface area contributed by atoms with Gasteiger partial charge in [-0.1, -0.05) is 32.9 Å². The molecule has 0 aliphatic heterocycles. The predicted octanol–water partition coefficient (Wildman–Crippen LogP) is 4.36. The third-order valence-corrected chi connectivity index (χ3v) is 4.69. The number of nitrogens with one attached hydrogen (secondary N) is 1. The molecule has 0 fully saturated rings. The number of amides is 1. The highest BCUT2D eigenvalue weighted by Crippen LogP contribution is 2.35. The van der Waals surface area contributed by atoms with Gasteiger partial charge in [-0.2, -0.15) is 0 Å². The maximum Gasteiger partial charge on any atom is 0.255 e. The summed E-state index contributed by atoms with van der Waals surface area (Å²) in [7, 11) is 1.60. The van der Waals surface area contributed by atoms with Gasteiger partial charge in [-0.25, -0.2) is 5.84 Å². The zero-order valence-corrected chi connectivity index (χ0v) is 18.4. The van der Waals surface area contributed by atoms with E-state index in [2.05, 4.69) is 32.2 Å². The number of benzene rings is 2. The summed E-state index contributed by atoms with van der Waals surface area (Å²) in [5, 5.41) is 4.42. The predicted molar refractivity (Wildman–Crippen MR) is 120 cm³/mol. The second kappa shape index (κ2) is 8.57. The fourth-order valence-corrected chi connectivity index (χ4v) is 3.08. The molecule has 1 amide bonds. The van der Waals surface area contributed by atoms with Crippen LogP contribution in [-0.2, 0) is 5.41 Å². The van der Waals surface area contributed by atoms with Gasteiger partial charge < -0.3 is 15.8 Å². The van der Waals surface area contributed by atoms with Crippen molar-refractivity contribution in [2.75, 3.05) is 17.4 Å². The molecule has 0 saturated heterocycles. The number of hydrogen-bond acceptors (Lipinski definition) is 5.